The molecule has 3 N–H and O–H groups in total. The van der Waals surface area contributed by atoms with Gasteiger partial charge in [0.2, 0.25) is 0 Å². The molecule has 7 nitrogen and oxygen atoms in total. The highest BCUT2D eigenvalue weighted by Gasteiger charge is 2.23. The second-order valence-corrected chi connectivity index (χ2v) is 6.54. The number of carbonyl (C=O) groups is 2. The molecule has 7 heteroatoms. The van der Waals surface area contributed by atoms with Gasteiger partial charge in [0.15, 0.2) is 0 Å². The number of urea groups is 1. The molecule has 1 saturated heterocycles. The van der Waals surface area contributed by atoms with Gasteiger partial charge in [-0.25, -0.2) is 4.79 Å². The summed E-state index contributed by atoms with van der Waals surface area (Å²) in [4.78, 5) is 26.5. The first kappa shape index (κ1) is 18.8. The number of nitrogens with one attached hydrogen (secondary N) is 3. The molecule has 1 aliphatic rings. The zero-order valence-corrected chi connectivity index (χ0v) is 15.5. The summed E-state index contributed by atoms with van der Waals surface area (Å²) in [5.74, 6) is 0.600. The Kier molecular flexibility index (Phi) is 6.35. The highest BCUT2D eigenvalue weighted by Crippen LogP contribution is 2.24. The van der Waals surface area contributed by atoms with Crippen LogP contribution in [0.4, 0.5) is 10.5 Å². The average molecular weight is 370 g/mol. The van der Waals surface area contributed by atoms with Crippen molar-refractivity contribution in [2.24, 2.45) is 0 Å². The summed E-state index contributed by atoms with van der Waals surface area (Å²) in [6.07, 6.45) is 3.29. The molecule has 0 aliphatic carbocycles. The van der Waals surface area contributed by atoms with E-state index in [0.717, 1.165) is 37.4 Å². The third kappa shape index (κ3) is 5.03. The number of nitrogens with zero attached hydrogens (tertiary/aromatic N) is 1. The van der Waals surface area contributed by atoms with Crippen LogP contribution >= 0.6 is 0 Å². The number of carbonyl (C=O) groups excluding carboxylic acids is 2. The molecule has 0 spiro atoms. The van der Waals surface area contributed by atoms with Gasteiger partial charge in [0, 0.05) is 31.4 Å². The van der Waals surface area contributed by atoms with Crippen LogP contribution in [0.2, 0.25) is 0 Å². The summed E-state index contributed by atoms with van der Waals surface area (Å²) in [6.45, 7) is 4.46. The third-order valence-corrected chi connectivity index (χ3v) is 4.66. The highest BCUT2D eigenvalue weighted by molar-refractivity contribution is 5.99. The Balaban J connectivity index is 1.59. The predicted octanol–water partition coefficient (Wildman–Crippen LogP) is 2.50. The van der Waals surface area contributed by atoms with Gasteiger partial charge in [-0.05, 0) is 44.0 Å². The zero-order valence-electron chi connectivity index (χ0n) is 15.5. The van der Waals surface area contributed by atoms with Gasteiger partial charge in [0.1, 0.15) is 5.76 Å². The van der Waals surface area contributed by atoms with Crippen LogP contribution in [0, 0.1) is 0 Å². The Morgan fingerprint density at radius 3 is 2.59 bits per heavy atom. The molecule has 3 amide bonds. The lowest BCUT2D eigenvalue weighted by Crippen LogP contribution is -2.48. The minimum Gasteiger partial charge on any atom is -0.467 e. The average Bonchev–Trinajstić information content (AvgIpc) is 3.20. The van der Waals surface area contributed by atoms with Crippen molar-refractivity contribution < 1.29 is 14.0 Å². The number of hydrogen-bond donors (Lipinski definition) is 3. The second-order valence-electron chi connectivity index (χ2n) is 6.54. The second kappa shape index (κ2) is 9.12. The number of para-hydroxylation sites is 1. The molecular formula is C20H26N4O3. The maximum Gasteiger partial charge on any atom is 0.314 e. The summed E-state index contributed by atoms with van der Waals surface area (Å²) in [7, 11) is 0. The van der Waals surface area contributed by atoms with Gasteiger partial charge in [-0.3, -0.25) is 4.79 Å². The molecule has 0 unspecified atom stereocenters. The topological polar surface area (TPSA) is 86.6 Å². The van der Waals surface area contributed by atoms with Crippen molar-refractivity contribution in [2.45, 2.75) is 32.4 Å². The summed E-state index contributed by atoms with van der Waals surface area (Å²) in [5, 5.41) is 8.66. The number of piperidine rings is 1. The number of anilines is 1. The van der Waals surface area contributed by atoms with E-state index in [1.54, 1.807) is 12.3 Å². The molecule has 1 aromatic heterocycles. The van der Waals surface area contributed by atoms with Crippen molar-refractivity contribution in [1.29, 1.82) is 0 Å². The maximum absolute atomic E-state index is 12.6. The van der Waals surface area contributed by atoms with Crippen molar-refractivity contribution >= 4 is 17.6 Å². The molecule has 27 heavy (non-hydrogen) atoms. The van der Waals surface area contributed by atoms with Gasteiger partial charge in [0.25, 0.3) is 5.91 Å². The van der Waals surface area contributed by atoms with E-state index >= 15 is 0 Å². The van der Waals surface area contributed by atoms with Gasteiger partial charge >= 0.3 is 6.03 Å². The first-order chi connectivity index (χ1) is 13.2. The Morgan fingerprint density at radius 1 is 1.11 bits per heavy atom. The lowest BCUT2D eigenvalue weighted by Gasteiger charge is -2.34. The van der Waals surface area contributed by atoms with Crippen molar-refractivity contribution in [2.75, 3.05) is 24.5 Å². The lowest BCUT2D eigenvalue weighted by atomic mass is 10.0. The molecule has 3 rings (SSSR count). The van der Waals surface area contributed by atoms with Crippen LogP contribution in [0.1, 0.15) is 35.9 Å². The first-order valence-corrected chi connectivity index (χ1v) is 9.36. The SMILES string of the molecule is CCNC(=O)NC1CCN(c2ccccc2C(=O)NCc2ccco2)CC1. The zero-order chi connectivity index (χ0) is 19.1. The van der Waals surface area contributed by atoms with Crippen LogP contribution in [-0.2, 0) is 6.54 Å². The predicted molar refractivity (Wildman–Crippen MR) is 104 cm³/mol. The lowest BCUT2D eigenvalue weighted by molar-refractivity contribution is 0.0948. The van der Waals surface area contributed by atoms with Crippen molar-refractivity contribution in [3.8, 4) is 0 Å². The van der Waals surface area contributed by atoms with E-state index < -0.39 is 0 Å². The standard InChI is InChI=1S/C20H26N4O3/c1-2-21-20(26)23-15-9-11-24(12-10-15)18-8-4-3-7-17(18)19(25)22-14-16-6-5-13-27-16/h3-8,13,15H,2,9-12,14H2,1H3,(H,22,25)(H2,21,23,26). The quantitative estimate of drug-likeness (QED) is 0.729. The summed E-state index contributed by atoms with van der Waals surface area (Å²) < 4.78 is 5.26. The Bertz CT molecular complexity index is 752. The molecule has 2 aromatic rings. The number of benzene rings is 1. The van der Waals surface area contributed by atoms with Crippen molar-refractivity contribution in [3.63, 3.8) is 0 Å². The summed E-state index contributed by atoms with van der Waals surface area (Å²) in [6, 6.07) is 11.3. The molecule has 0 bridgehead atoms. The minimum absolute atomic E-state index is 0.117. The fraction of sp³-hybridized carbons (Fsp3) is 0.400. The Morgan fingerprint density at radius 2 is 1.89 bits per heavy atom. The summed E-state index contributed by atoms with van der Waals surface area (Å²) >= 11 is 0. The molecule has 2 heterocycles. The molecule has 144 valence electrons. The smallest absolute Gasteiger partial charge is 0.314 e. The number of hydrogen-bond acceptors (Lipinski definition) is 4. The van der Waals surface area contributed by atoms with Gasteiger partial charge in [0.05, 0.1) is 18.4 Å². The van der Waals surface area contributed by atoms with Crippen LogP contribution in [0.3, 0.4) is 0 Å². The van der Waals surface area contributed by atoms with Crippen LogP contribution in [0.5, 0.6) is 0 Å². The first-order valence-electron chi connectivity index (χ1n) is 9.36. The molecule has 1 fully saturated rings. The normalized spacial score (nSPS) is 14.6. The van der Waals surface area contributed by atoms with E-state index in [1.165, 1.54) is 0 Å². The van der Waals surface area contributed by atoms with E-state index in [0.29, 0.717) is 18.7 Å². The van der Waals surface area contributed by atoms with Gasteiger partial charge in [-0.1, -0.05) is 12.1 Å². The monoisotopic (exact) mass is 370 g/mol. The van der Waals surface area contributed by atoms with Crippen molar-refractivity contribution in [3.05, 3.63) is 54.0 Å². The van der Waals surface area contributed by atoms with Crippen LogP contribution in [0.15, 0.2) is 47.1 Å². The third-order valence-electron chi connectivity index (χ3n) is 4.66. The molecule has 1 aliphatic heterocycles. The summed E-state index contributed by atoms with van der Waals surface area (Å²) in [5.41, 5.74) is 1.57. The van der Waals surface area contributed by atoms with Gasteiger partial charge < -0.3 is 25.3 Å². The Hall–Kier alpha value is -2.96. The molecule has 1 aromatic carbocycles. The van der Waals surface area contributed by atoms with E-state index in [9.17, 15) is 9.59 Å². The molecule has 0 saturated carbocycles. The van der Waals surface area contributed by atoms with E-state index in [4.69, 9.17) is 4.42 Å². The minimum atomic E-state index is -0.121. The van der Waals surface area contributed by atoms with E-state index in [-0.39, 0.29) is 18.0 Å². The number of amides is 3. The highest BCUT2D eigenvalue weighted by atomic mass is 16.3. The number of furan rings is 1. The van der Waals surface area contributed by atoms with E-state index in [2.05, 4.69) is 20.9 Å². The molecule has 0 atom stereocenters. The Labute approximate surface area is 159 Å². The molecule has 0 radical (unpaired) electrons. The fourth-order valence-corrected chi connectivity index (χ4v) is 3.28. The number of rotatable bonds is 6. The van der Waals surface area contributed by atoms with Crippen LogP contribution < -0.4 is 20.9 Å². The maximum atomic E-state index is 12.6. The van der Waals surface area contributed by atoms with Crippen LogP contribution in [-0.4, -0.2) is 37.6 Å². The van der Waals surface area contributed by atoms with Gasteiger partial charge in [-0.15, -0.1) is 0 Å². The largest absolute Gasteiger partial charge is 0.467 e. The fourth-order valence-electron chi connectivity index (χ4n) is 3.28. The van der Waals surface area contributed by atoms with Gasteiger partial charge in [-0.2, -0.15) is 0 Å². The van der Waals surface area contributed by atoms with Crippen molar-refractivity contribution in [1.82, 2.24) is 16.0 Å². The molecular weight excluding hydrogens is 344 g/mol. The van der Waals surface area contributed by atoms with Crippen LogP contribution in [0.25, 0.3) is 0 Å². The van der Waals surface area contributed by atoms with E-state index in [1.807, 2.05) is 37.3 Å².